The highest BCUT2D eigenvalue weighted by molar-refractivity contribution is 7.07. The molecule has 6 heteroatoms. The molecule has 0 aliphatic carbocycles. The summed E-state index contributed by atoms with van der Waals surface area (Å²) in [5, 5.41) is 6.63. The molecule has 0 fully saturated rings. The van der Waals surface area contributed by atoms with E-state index in [-0.39, 0.29) is 0 Å². The van der Waals surface area contributed by atoms with E-state index < -0.39 is 0 Å². The van der Waals surface area contributed by atoms with Gasteiger partial charge in [-0.05, 0) is 36.4 Å². The van der Waals surface area contributed by atoms with Gasteiger partial charge in [-0.25, -0.2) is 4.68 Å². The Labute approximate surface area is 150 Å². The molecule has 5 nitrogen and oxygen atoms in total. The van der Waals surface area contributed by atoms with E-state index in [9.17, 15) is 0 Å². The molecule has 0 amide bonds. The van der Waals surface area contributed by atoms with Crippen molar-refractivity contribution in [1.29, 1.82) is 0 Å². The number of rotatable bonds is 6. The summed E-state index contributed by atoms with van der Waals surface area (Å²) in [6.07, 6.45) is 5.24. The number of methoxy groups -OCH3 is 1. The Kier molecular flexibility index (Phi) is 5.53. The van der Waals surface area contributed by atoms with Crippen LogP contribution in [0.15, 0.2) is 76.8 Å². The average molecular weight is 350 g/mol. The Morgan fingerprint density at radius 2 is 2.08 bits per heavy atom. The van der Waals surface area contributed by atoms with E-state index in [4.69, 9.17) is 4.74 Å². The van der Waals surface area contributed by atoms with Crippen LogP contribution in [0, 0.1) is 0 Å². The Morgan fingerprint density at radius 3 is 2.76 bits per heavy atom. The van der Waals surface area contributed by atoms with E-state index in [2.05, 4.69) is 21.7 Å². The molecule has 0 atom stereocenters. The van der Waals surface area contributed by atoms with Crippen LogP contribution in [0.25, 0.3) is 11.3 Å². The van der Waals surface area contributed by atoms with E-state index in [0.29, 0.717) is 6.54 Å². The number of ether oxygens (including phenoxy) is 1. The topological polar surface area (TPSA) is 51.8 Å². The lowest BCUT2D eigenvalue weighted by atomic mass is 10.2. The second kappa shape index (κ2) is 8.21. The third kappa shape index (κ3) is 4.10. The largest absolute Gasteiger partial charge is 0.497 e. The number of thiazole rings is 1. The minimum Gasteiger partial charge on any atom is -0.497 e. The number of pyridine rings is 1. The lowest BCUT2D eigenvalue weighted by Crippen LogP contribution is -2.12. The number of benzene rings is 1. The summed E-state index contributed by atoms with van der Waals surface area (Å²) in [7, 11) is 1.66. The summed E-state index contributed by atoms with van der Waals surface area (Å²) >= 11 is 1.54. The van der Waals surface area contributed by atoms with Crippen molar-refractivity contribution < 1.29 is 4.74 Å². The van der Waals surface area contributed by atoms with E-state index >= 15 is 0 Å². The molecule has 0 saturated heterocycles. The summed E-state index contributed by atoms with van der Waals surface area (Å²) in [5.74, 6) is 0.819. The first-order chi connectivity index (χ1) is 12.3. The highest BCUT2D eigenvalue weighted by Crippen LogP contribution is 2.23. The van der Waals surface area contributed by atoms with Gasteiger partial charge in [0.25, 0.3) is 0 Å². The van der Waals surface area contributed by atoms with Crippen molar-refractivity contribution in [2.45, 2.75) is 0 Å². The van der Waals surface area contributed by atoms with Crippen LogP contribution in [0.5, 0.6) is 5.75 Å². The van der Waals surface area contributed by atoms with E-state index in [1.807, 2.05) is 52.5 Å². The van der Waals surface area contributed by atoms with Crippen LogP contribution in [0.1, 0.15) is 5.69 Å². The van der Waals surface area contributed by atoms with Gasteiger partial charge in [0.05, 0.1) is 31.3 Å². The molecule has 0 N–H and O–H groups in total. The van der Waals surface area contributed by atoms with Crippen molar-refractivity contribution in [3.8, 4) is 17.0 Å². The van der Waals surface area contributed by atoms with Crippen LogP contribution in [0.4, 0.5) is 0 Å². The van der Waals surface area contributed by atoms with Gasteiger partial charge in [-0.15, -0.1) is 17.9 Å². The second-order valence-corrected chi connectivity index (χ2v) is 5.91. The Hall–Kier alpha value is -2.99. The minimum atomic E-state index is 0.543. The van der Waals surface area contributed by atoms with E-state index in [1.165, 1.54) is 11.3 Å². The highest BCUT2D eigenvalue weighted by Gasteiger charge is 2.07. The SMILES string of the molecule is C=CCN=c1scc(-c2ccc(OC)cc2)n1N=Cc1ccccn1. The normalized spacial score (nSPS) is 11.8. The predicted molar refractivity (Wildman–Crippen MR) is 102 cm³/mol. The van der Waals surface area contributed by atoms with Gasteiger partial charge in [-0.1, -0.05) is 12.1 Å². The number of hydrogen-bond acceptors (Lipinski definition) is 5. The standard InChI is InChI=1S/C19H18N4OS/c1-3-11-21-19-23(22-13-16-6-4-5-12-20-16)18(14-25-19)15-7-9-17(24-2)10-8-15/h3-10,12-14H,1,11H2,2H3. The second-order valence-electron chi connectivity index (χ2n) is 5.07. The summed E-state index contributed by atoms with van der Waals surface area (Å²) < 4.78 is 7.05. The average Bonchev–Trinajstić information content (AvgIpc) is 3.08. The molecule has 126 valence electrons. The van der Waals surface area contributed by atoms with Gasteiger partial charge in [-0.2, -0.15) is 5.10 Å². The van der Waals surface area contributed by atoms with Gasteiger partial charge >= 0.3 is 0 Å². The molecule has 0 aliphatic heterocycles. The maximum atomic E-state index is 5.23. The molecule has 2 heterocycles. The maximum absolute atomic E-state index is 5.23. The van der Waals surface area contributed by atoms with Gasteiger partial charge in [-0.3, -0.25) is 9.98 Å². The molecular formula is C19H18N4OS. The first-order valence-corrected chi connectivity index (χ1v) is 8.61. The Balaban J connectivity index is 2.04. The number of hydrogen-bond donors (Lipinski definition) is 0. The zero-order valence-corrected chi connectivity index (χ0v) is 14.7. The van der Waals surface area contributed by atoms with Crippen LogP contribution in [0.2, 0.25) is 0 Å². The monoisotopic (exact) mass is 350 g/mol. The first kappa shape index (κ1) is 16.9. The zero-order valence-electron chi connectivity index (χ0n) is 13.9. The van der Waals surface area contributed by atoms with Crippen LogP contribution < -0.4 is 9.54 Å². The van der Waals surface area contributed by atoms with Crippen molar-refractivity contribution in [3.63, 3.8) is 0 Å². The molecule has 0 aliphatic rings. The Bertz CT molecular complexity index is 924. The van der Waals surface area contributed by atoms with Gasteiger partial charge in [0.1, 0.15) is 5.75 Å². The van der Waals surface area contributed by atoms with E-state index in [1.54, 1.807) is 25.6 Å². The van der Waals surface area contributed by atoms with Gasteiger partial charge in [0, 0.05) is 17.1 Å². The fourth-order valence-corrected chi connectivity index (χ4v) is 3.04. The van der Waals surface area contributed by atoms with Gasteiger partial charge in [0.2, 0.25) is 4.80 Å². The molecule has 3 rings (SSSR count). The molecule has 1 aromatic carbocycles. The summed E-state index contributed by atoms with van der Waals surface area (Å²) in [5.41, 5.74) is 2.79. The van der Waals surface area contributed by atoms with Crippen molar-refractivity contribution in [1.82, 2.24) is 9.66 Å². The van der Waals surface area contributed by atoms with Crippen LogP contribution in [-0.4, -0.2) is 29.5 Å². The van der Waals surface area contributed by atoms with Crippen molar-refractivity contribution in [3.05, 3.63) is 77.2 Å². The molecule has 25 heavy (non-hydrogen) atoms. The maximum Gasteiger partial charge on any atom is 0.206 e. The summed E-state index contributed by atoms with van der Waals surface area (Å²) in [6.45, 7) is 4.27. The van der Waals surface area contributed by atoms with Crippen LogP contribution in [-0.2, 0) is 0 Å². The zero-order chi connectivity index (χ0) is 17.5. The van der Waals surface area contributed by atoms with Crippen LogP contribution >= 0.6 is 11.3 Å². The van der Waals surface area contributed by atoms with Crippen molar-refractivity contribution >= 4 is 17.6 Å². The fourth-order valence-electron chi connectivity index (χ4n) is 2.19. The quantitative estimate of drug-likeness (QED) is 0.504. The smallest absolute Gasteiger partial charge is 0.206 e. The molecule has 2 aromatic heterocycles. The molecule has 3 aromatic rings. The summed E-state index contributed by atoms with van der Waals surface area (Å²) in [6, 6.07) is 13.6. The van der Waals surface area contributed by atoms with Crippen LogP contribution in [0.3, 0.4) is 0 Å². The number of aromatic nitrogens is 2. The van der Waals surface area contributed by atoms with Gasteiger partial charge in [0.15, 0.2) is 0 Å². The molecule has 0 saturated carbocycles. The van der Waals surface area contributed by atoms with Crippen molar-refractivity contribution in [2.75, 3.05) is 13.7 Å². The van der Waals surface area contributed by atoms with Gasteiger partial charge < -0.3 is 4.74 Å². The predicted octanol–water partition coefficient (Wildman–Crippen LogP) is 3.59. The first-order valence-electron chi connectivity index (χ1n) is 7.73. The third-order valence-electron chi connectivity index (χ3n) is 3.42. The lowest BCUT2D eigenvalue weighted by molar-refractivity contribution is 0.415. The molecular weight excluding hydrogens is 332 g/mol. The van der Waals surface area contributed by atoms with E-state index in [0.717, 1.165) is 27.5 Å². The Morgan fingerprint density at radius 1 is 1.24 bits per heavy atom. The molecule has 0 unspecified atom stereocenters. The molecule has 0 radical (unpaired) electrons. The number of nitrogens with zero attached hydrogens (tertiary/aromatic N) is 4. The lowest BCUT2D eigenvalue weighted by Gasteiger charge is -2.05. The third-order valence-corrected chi connectivity index (χ3v) is 4.27. The molecule has 0 spiro atoms. The summed E-state index contributed by atoms with van der Waals surface area (Å²) in [4.78, 5) is 9.60. The highest BCUT2D eigenvalue weighted by atomic mass is 32.1. The van der Waals surface area contributed by atoms with Crippen molar-refractivity contribution in [2.24, 2.45) is 10.1 Å². The fraction of sp³-hybridized carbons (Fsp3) is 0.105. The minimum absolute atomic E-state index is 0.543. The molecule has 0 bridgehead atoms.